The number of aliphatic hydroxyl groups excluding tert-OH is 1. The summed E-state index contributed by atoms with van der Waals surface area (Å²) in [6.07, 6.45) is 5.95. The first kappa shape index (κ1) is 19.2. The molecule has 2 atom stereocenters. The molecule has 1 saturated carbocycles. The van der Waals surface area contributed by atoms with Gasteiger partial charge in [-0.15, -0.1) is 0 Å². The fourth-order valence-electron chi connectivity index (χ4n) is 5.92. The summed E-state index contributed by atoms with van der Waals surface area (Å²) in [5.74, 6) is -6.47. The lowest BCUT2D eigenvalue weighted by Crippen LogP contribution is -2.31. The van der Waals surface area contributed by atoms with Crippen LogP contribution in [0.5, 0.6) is 0 Å². The number of fused-ring (bicyclic) bond motifs is 3. The minimum Gasteiger partial charge on any atom is -0.388 e. The maximum atomic E-state index is 15.3. The van der Waals surface area contributed by atoms with Crippen LogP contribution in [-0.2, 0) is 18.8 Å². The van der Waals surface area contributed by atoms with Crippen LogP contribution in [0.1, 0.15) is 86.6 Å². The number of hydrogen-bond acceptors (Lipinski definition) is 1. The Morgan fingerprint density at radius 2 is 1.70 bits per heavy atom. The lowest BCUT2D eigenvalue weighted by Gasteiger charge is -2.34. The molecule has 0 saturated heterocycles. The molecule has 27 heavy (non-hydrogen) atoms. The summed E-state index contributed by atoms with van der Waals surface area (Å²) >= 11 is 0. The number of benzene rings is 1. The minimum absolute atomic E-state index is 0.0576. The standard InChI is InChI=1S/C22H28F4O/c1-2-4-12-7-9-13(10-8-12)16-11-15-18-14(5-3-6-17(18)27)20(23)21(24)19(15)22(16,25)26/h12-13,16-17,27H,2-11H2,1H3. The molecule has 1 N–H and O–H groups in total. The highest BCUT2D eigenvalue weighted by atomic mass is 19.3. The monoisotopic (exact) mass is 384 g/mol. The van der Waals surface area contributed by atoms with E-state index >= 15 is 8.78 Å². The average molecular weight is 384 g/mol. The number of aliphatic hydroxyl groups is 1. The molecule has 2 unspecified atom stereocenters. The van der Waals surface area contributed by atoms with Crippen LogP contribution in [0.2, 0.25) is 0 Å². The first-order valence-electron chi connectivity index (χ1n) is 10.4. The summed E-state index contributed by atoms with van der Waals surface area (Å²) in [6.45, 7) is 2.14. The van der Waals surface area contributed by atoms with Crippen molar-refractivity contribution in [2.24, 2.45) is 17.8 Å². The van der Waals surface area contributed by atoms with Gasteiger partial charge in [0.25, 0.3) is 5.92 Å². The summed E-state index contributed by atoms with van der Waals surface area (Å²) in [6, 6.07) is 0. The highest BCUT2D eigenvalue weighted by Crippen LogP contribution is 2.56. The van der Waals surface area contributed by atoms with Gasteiger partial charge in [-0.3, -0.25) is 0 Å². The van der Waals surface area contributed by atoms with Crippen LogP contribution in [-0.4, -0.2) is 5.11 Å². The van der Waals surface area contributed by atoms with Crippen LogP contribution in [0.4, 0.5) is 17.6 Å². The smallest absolute Gasteiger partial charge is 0.279 e. The molecule has 1 aromatic carbocycles. The molecule has 1 fully saturated rings. The van der Waals surface area contributed by atoms with E-state index in [1.54, 1.807) is 0 Å². The fourth-order valence-corrected chi connectivity index (χ4v) is 5.92. The van der Waals surface area contributed by atoms with Crippen LogP contribution in [0.15, 0.2) is 0 Å². The van der Waals surface area contributed by atoms with Gasteiger partial charge in [0.15, 0.2) is 11.6 Å². The van der Waals surface area contributed by atoms with Crippen LogP contribution >= 0.6 is 0 Å². The molecule has 3 aliphatic rings. The lowest BCUT2D eigenvalue weighted by atomic mass is 9.73. The lowest BCUT2D eigenvalue weighted by molar-refractivity contribution is -0.0843. The van der Waals surface area contributed by atoms with Gasteiger partial charge in [-0.1, -0.05) is 32.6 Å². The predicted molar refractivity (Wildman–Crippen MR) is 95.7 cm³/mol. The Morgan fingerprint density at radius 3 is 2.37 bits per heavy atom. The number of rotatable bonds is 3. The second-order valence-electron chi connectivity index (χ2n) is 8.78. The van der Waals surface area contributed by atoms with Crippen LogP contribution in [0, 0.1) is 29.4 Å². The van der Waals surface area contributed by atoms with Gasteiger partial charge in [0, 0.05) is 5.92 Å². The van der Waals surface area contributed by atoms with E-state index in [2.05, 4.69) is 6.92 Å². The van der Waals surface area contributed by atoms with Crippen LogP contribution in [0.25, 0.3) is 0 Å². The third-order valence-electron chi connectivity index (χ3n) is 7.25. The highest BCUT2D eigenvalue weighted by Gasteiger charge is 2.55. The molecule has 4 rings (SSSR count). The topological polar surface area (TPSA) is 20.2 Å². The van der Waals surface area contributed by atoms with E-state index in [4.69, 9.17) is 0 Å². The van der Waals surface area contributed by atoms with E-state index in [1.807, 2.05) is 0 Å². The molecule has 5 heteroatoms. The molecular formula is C22H28F4O. The van der Waals surface area contributed by atoms with E-state index in [0.717, 1.165) is 38.5 Å². The van der Waals surface area contributed by atoms with Crippen molar-refractivity contribution in [3.8, 4) is 0 Å². The first-order chi connectivity index (χ1) is 12.9. The molecule has 0 aliphatic heterocycles. The SMILES string of the molecule is CCCC1CCC(C2Cc3c4c(c(F)c(F)c3C2(F)F)CCCC4O)CC1. The Kier molecular flexibility index (Phi) is 5.02. The van der Waals surface area contributed by atoms with Gasteiger partial charge in [0.1, 0.15) is 0 Å². The van der Waals surface area contributed by atoms with Crippen molar-refractivity contribution in [3.63, 3.8) is 0 Å². The molecule has 0 spiro atoms. The molecule has 3 aliphatic carbocycles. The Balaban J connectivity index is 1.69. The zero-order valence-corrected chi connectivity index (χ0v) is 15.8. The second-order valence-corrected chi connectivity index (χ2v) is 8.78. The molecule has 0 amide bonds. The van der Waals surface area contributed by atoms with Crippen molar-refractivity contribution >= 4 is 0 Å². The van der Waals surface area contributed by atoms with Gasteiger partial charge in [-0.2, -0.15) is 0 Å². The van der Waals surface area contributed by atoms with Crippen LogP contribution < -0.4 is 0 Å². The molecule has 0 heterocycles. The third-order valence-corrected chi connectivity index (χ3v) is 7.25. The van der Waals surface area contributed by atoms with Gasteiger partial charge in [0.05, 0.1) is 11.7 Å². The normalized spacial score (nSPS) is 32.2. The van der Waals surface area contributed by atoms with E-state index in [0.29, 0.717) is 25.2 Å². The summed E-state index contributed by atoms with van der Waals surface area (Å²) < 4.78 is 59.8. The molecule has 0 bridgehead atoms. The minimum atomic E-state index is -3.37. The summed E-state index contributed by atoms with van der Waals surface area (Å²) in [4.78, 5) is 0. The molecule has 0 aromatic heterocycles. The molecule has 0 radical (unpaired) electrons. The van der Waals surface area contributed by atoms with Crippen molar-refractivity contribution < 1.29 is 22.7 Å². The maximum Gasteiger partial charge on any atom is 0.279 e. The summed E-state index contributed by atoms with van der Waals surface area (Å²) in [5.41, 5.74) is -0.188. The number of alkyl halides is 2. The van der Waals surface area contributed by atoms with E-state index in [-0.39, 0.29) is 29.0 Å². The highest BCUT2D eigenvalue weighted by molar-refractivity contribution is 5.50. The molecule has 1 aromatic rings. The van der Waals surface area contributed by atoms with E-state index in [9.17, 15) is 13.9 Å². The zero-order chi connectivity index (χ0) is 19.3. The fraction of sp³-hybridized carbons (Fsp3) is 0.727. The Morgan fingerprint density at radius 1 is 1.00 bits per heavy atom. The Bertz CT molecular complexity index is 722. The largest absolute Gasteiger partial charge is 0.388 e. The Labute approximate surface area is 158 Å². The molecular weight excluding hydrogens is 356 g/mol. The van der Waals surface area contributed by atoms with Crippen molar-refractivity contribution in [1.29, 1.82) is 0 Å². The maximum absolute atomic E-state index is 15.3. The predicted octanol–water partition coefficient (Wildman–Crippen LogP) is 6.21. The average Bonchev–Trinajstić information content (AvgIpc) is 2.92. The van der Waals surface area contributed by atoms with Gasteiger partial charge in [0.2, 0.25) is 0 Å². The van der Waals surface area contributed by atoms with Crippen molar-refractivity contribution in [1.82, 2.24) is 0 Å². The second kappa shape index (κ2) is 7.06. The van der Waals surface area contributed by atoms with Crippen molar-refractivity contribution in [3.05, 3.63) is 33.9 Å². The van der Waals surface area contributed by atoms with E-state index in [1.165, 1.54) is 0 Å². The quantitative estimate of drug-likeness (QED) is 0.615. The van der Waals surface area contributed by atoms with Crippen molar-refractivity contribution in [2.75, 3.05) is 0 Å². The number of halogens is 4. The molecule has 1 nitrogen and oxygen atoms in total. The Hall–Kier alpha value is -1.10. The van der Waals surface area contributed by atoms with Gasteiger partial charge in [-0.25, -0.2) is 17.6 Å². The zero-order valence-electron chi connectivity index (χ0n) is 15.8. The van der Waals surface area contributed by atoms with Crippen molar-refractivity contribution in [2.45, 2.75) is 83.2 Å². The first-order valence-corrected chi connectivity index (χ1v) is 10.4. The molecule has 150 valence electrons. The van der Waals surface area contributed by atoms with Gasteiger partial charge < -0.3 is 5.11 Å². The van der Waals surface area contributed by atoms with E-state index < -0.39 is 35.1 Å². The van der Waals surface area contributed by atoms with Gasteiger partial charge in [-0.05, 0) is 67.1 Å². The summed E-state index contributed by atoms with van der Waals surface area (Å²) in [7, 11) is 0. The number of hydrogen-bond donors (Lipinski definition) is 1. The van der Waals surface area contributed by atoms with Gasteiger partial charge >= 0.3 is 0 Å². The van der Waals surface area contributed by atoms with Crippen LogP contribution in [0.3, 0.4) is 0 Å². The summed E-state index contributed by atoms with van der Waals surface area (Å²) in [5, 5.41) is 10.4. The third kappa shape index (κ3) is 3.01.